The fourth-order valence-electron chi connectivity index (χ4n) is 3.92. The van der Waals surface area contributed by atoms with Gasteiger partial charge >= 0.3 is 5.97 Å². The molecule has 1 aromatic heterocycles. The number of para-hydroxylation sites is 1. The van der Waals surface area contributed by atoms with Gasteiger partial charge in [0.25, 0.3) is 0 Å². The lowest BCUT2D eigenvalue weighted by Gasteiger charge is -2.16. The molecule has 3 aromatic rings. The lowest BCUT2D eigenvalue weighted by molar-refractivity contribution is -0.141. The van der Waals surface area contributed by atoms with Crippen LogP contribution >= 0.6 is 0 Å². The van der Waals surface area contributed by atoms with E-state index >= 15 is 0 Å². The molecule has 6 nitrogen and oxygen atoms in total. The van der Waals surface area contributed by atoms with Gasteiger partial charge in [0.1, 0.15) is 0 Å². The van der Waals surface area contributed by atoms with Gasteiger partial charge in [-0.05, 0) is 29.7 Å². The van der Waals surface area contributed by atoms with Gasteiger partial charge in [0.05, 0.1) is 17.8 Å². The number of carbonyl (C=O) groups is 2. The van der Waals surface area contributed by atoms with Crippen molar-refractivity contribution >= 4 is 11.9 Å². The number of aromatic nitrogens is 2. The van der Waals surface area contributed by atoms with Crippen LogP contribution in [-0.2, 0) is 16.0 Å². The number of aryl methyl sites for hydroxylation is 1. The molecule has 0 saturated carbocycles. The molecule has 1 fully saturated rings. The highest BCUT2D eigenvalue weighted by Gasteiger charge is 2.40. The van der Waals surface area contributed by atoms with Gasteiger partial charge in [-0.25, -0.2) is 4.68 Å². The van der Waals surface area contributed by atoms with E-state index in [1.807, 2.05) is 66.9 Å². The minimum Gasteiger partial charge on any atom is -0.481 e. The zero-order chi connectivity index (χ0) is 20.2. The summed E-state index contributed by atoms with van der Waals surface area (Å²) in [5.74, 6) is -1.60. The molecule has 1 amide bonds. The van der Waals surface area contributed by atoms with Crippen LogP contribution in [0.2, 0.25) is 0 Å². The molecule has 1 N–H and O–H groups in total. The molecule has 2 heterocycles. The Kier molecular flexibility index (Phi) is 5.42. The van der Waals surface area contributed by atoms with Crippen molar-refractivity contribution in [2.75, 3.05) is 13.1 Å². The maximum Gasteiger partial charge on any atom is 0.308 e. The zero-order valence-corrected chi connectivity index (χ0v) is 16.0. The number of aliphatic carboxylic acids is 1. The zero-order valence-electron chi connectivity index (χ0n) is 16.0. The summed E-state index contributed by atoms with van der Waals surface area (Å²) in [7, 11) is 0. The van der Waals surface area contributed by atoms with Crippen LogP contribution in [-0.4, -0.2) is 44.8 Å². The van der Waals surface area contributed by atoms with E-state index < -0.39 is 11.9 Å². The number of hydrogen-bond donors (Lipinski definition) is 1. The molecular formula is C23H23N3O3. The van der Waals surface area contributed by atoms with E-state index in [0.29, 0.717) is 19.4 Å². The van der Waals surface area contributed by atoms with Crippen LogP contribution in [0.3, 0.4) is 0 Å². The van der Waals surface area contributed by atoms with E-state index in [2.05, 4.69) is 5.10 Å². The summed E-state index contributed by atoms with van der Waals surface area (Å²) in [5.41, 5.74) is 2.93. The van der Waals surface area contributed by atoms with Crippen molar-refractivity contribution in [2.45, 2.75) is 18.8 Å². The highest BCUT2D eigenvalue weighted by molar-refractivity contribution is 5.79. The lowest BCUT2D eigenvalue weighted by atomic mass is 9.89. The minimum atomic E-state index is -0.849. The molecule has 2 aromatic carbocycles. The first-order chi connectivity index (χ1) is 14.1. The summed E-state index contributed by atoms with van der Waals surface area (Å²) in [6.45, 7) is 0.708. The SMILES string of the molecule is O=C(O)[C@@H]1CN(C(=O)CCc2cnn(-c3ccccc3)c2)C[C@@H]1c1ccccc1. The number of carbonyl (C=O) groups excluding carboxylic acids is 1. The molecule has 0 bridgehead atoms. The predicted octanol–water partition coefficient (Wildman–Crippen LogP) is 3.13. The molecule has 1 aliphatic rings. The molecular weight excluding hydrogens is 366 g/mol. The summed E-state index contributed by atoms with van der Waals surface area (Å²) in [6, 6.07) is 19.4. The molecule has 148 valence electrons. The van der Waals surface area contributed by atoms with Gasteiger partial charge in [-0.3, -0.25) is 9.59 Å². The largest absolute Gasteiger partial charge is 0.481 e. The summed E-state index contributed by atoms with van der Waals surface area (Å²) >= 11 is 0. The standard InChI is InChI=1S/C23H23N3O3/c27-22(12-11-17-13-24-26(14-17)19-9-5-2-6-10-19)25-15-20(21(16-25)23(28)29)18-7-3-1-4-8-18/h1-10,13-14,20-21H,11-12,15-16H2,(H,28,29)/t20-,21-/m1/s1. The molecule has 4 rings (SSSR count). The van der Waals surface area contributed by atoms with E-state index in [4.69, 9.17) is 0 Å². The summed E-state index contributed by atoms with van der Waals surface area (Å²) < 4.78 is 1.79. The highest BCUT2D eigenvalue weighted by atomic mass is 16.4. The van der Waals surface area contributed by atoms with Gasteiger partial charge in [-0.1, -0.05) is 48.5 Å². The quantitative estimate of drug-likeness (QED) is 0.703. The monoisotopic (exact) mass is 389 g/mol. The third kappa shape index (κ3) is 4.21. The van der Waals surface area contributed by atoms with Gasteiger partial charge in [0, 0.05) is 31.6 Å². The molecule has 0 radical (unpaired) electrons. The number of carboxylic acids is 1. The Morgan fingerprint density at radius 2 is 1.69 bits per heavy atom. The van der Waals surface area contributed by atoms with Crippen molar-refractivity contribution in [1.82, 2.24) is 14.7 Å². The maximum atomic E-state index is 12.7. The number of likely N-dealkylation sites (tertiary alicyclic amines) is 1. The van der Waals surface area contributed by atoms with Crippen molar-refractivity contribution in [3.63, 3.8) is 0 Å². The van der Waals surface area contributed by atoms with Crippen LogP contribution < -0.4 is 0 Å². The Hall–Kier alpha value is -3.41. The smallest absolute Gasteiger partial charge is 0.308 e. The first-order valence-corrected chi connectivity index (χ1v) is 9.76. The van der Waals surface area contributed by atoms with Gasteiger partial charge in [-0.15, -0.1) is 0 Å². The summed E-state index contributed by atoms with van der Waals surface area (Å²) in [5, 5.41) is 14.0. The number of carboxylic acid groups (broad SMARTS) is 1. The van der Waals surface area contributed by atoms with E-state index in [1.165, 1.54) is 0 Å². The number of nitrogens with zero attached hydrogens (tertiary/aromatic N) is 3. The van der Waals surface area contributed by atoms with Crippen LogP contribution in [0.5, 0.6) is 0 Å². The van der Waals surface area contributed by atoms with Crippen LogP contribution in [0.1, 0.15) is 23.5 Å². The number of hydrogen-bond acceptors (Lipinski definition) is 3. The molecule has 0 unspecified atom stereocenters. The van der Waals surface area contributed by atoms with E-state index in [9.17, 15) is 14.7 Å². The summed E-state index contributed by atoms with van der Waals surface area (Å²) in [6.07, 6.45) is 4.63. The Morgan fingerprint density at radius 3 is 2.38 bits per heavy atom. The molecule has 2 atom stereocenters. The Morgan fingerprint density at radius 1 is 1.00 bits per heavy atom. The molecule has 1 aliphatic heterocycles. The van der Waals surface area contributed by atoms with Crippen molar-refractivity contribution in [3.05, 3.63) is 84.2 Å². The Balaban J connectivity index is 1.39. The fourth-order valence-corrected chi connectivity index (χ4v) is 3.92. The first kappa shape index (κ1) is 18.9. The van der Waals surface area contributed by atoms with Crippen molar-refractivity contribution in [1.29, 1.82) is 0 Å². The average molecular weight is 389 g/mol. The molecule has 29 heavy (non-hydrogen) atoms. The van der Waals surface area contributed by atoms with Crippen molar-refractivity contribution < 1.29 is 14.7 Å². The van der Waals surface area contributed by atoms with Crippen LogP contribution in [0.25, 0.3) is 5.69 Å². The van der Waals surface area contributed by atoms with E-state index in [0.717, 1.165) is 16.8 Å². The third-order valence-electron chi connectivity index (χ3n) is 5.50. The second-order valence-electron chi connectivity index (χ2n) is 7.39. The van der Waals surface area contributed by atoms with Gasteiger partial charge in [-0.2, -0.15) is 5.10 Å². The number of rotatable bonds is 6. The number of benzene rings is 2. The highest BCUT2D eigenvalue weighted by Crippen LogP contribution is 2.33. The molecule has 0 spiro atoms. The van der Waals surface area contributed by atoms with Crippen LogP contribution in [0, 0.1) is 5.92 Å². The van der Waals surface area contributed by atoms with Gasteiger partial charge in [0.2, 0.25) is 5.91 Å². The normalized spacial score (nSPS) is 18.7. The maximum absolute atomic E-state index is 12.7. The van der Waals surface area contributed by atoms with Crippen molar-refractivity contribution in [2.24, 2.45) is 5.92 Å². The van der Waals surface area contributed by atoms with Gasteiger partial charge < -0.3 is 10.0 Å². The lowest BCUT2D eigenvalue weighted by Crippen LogP contribution is -2.30. The Bertz CT molecular complexity index is 985. The fraction of sp³-hybridized carbons (Fsp3) is 0.261. The molecule has 6 heteroatoms. The Labute approximate surface area is 169 Å². The van der Waals surface area contributed by atoms with E-state index in [1.54, 1.807) is 15.8 Å². The molecule has 0 aliphatic carbocycles. The predicted molar refractivity (Wildman–Crippen MR) is 109 cm³/mol. The topological polar surface area (TPSA) is 75.4 Å². The second-order valence-corrected chi connectivity index (χ2v) is 7.39. The van der Waals surface area contributed by atoms with E-state index in [-0.39, 0.29) is 18.4 Å². The second kappa shape index (κ2) is 8.31. The van der Waals surface area contributed by atoms with Crippen LogP contribution in [0.4, 0.5) is 0 Å². The summed E-state index contributed by atoms with van der Waals surface area (Å²) in [4.78, 5) is 26.2. The number of amides is 1. The average Bonchev–Trinajstić information content (AvgIpc) is 3.41. The van der Waals surface area contributed by atoms with Crippen LogP contribution in [0.15, 0.2) is 73.1 Å². The van der Waals surface area contributed by atoms with Crippen molar-refractivity contribution in [3.8, 4) is 5.69 Å². The van der Waals surface area contributed by atoms with Gasteiger partial charge in [0.15, 0.2) is 0 Å². The molecule has 1 saturated heterocycles. The first-order valence-electron chi connectivity index (χ1n) is 9.76. The minimum absolute atomic E-state index is 0.0119. The third-order valence-corrected chi connectivity index (χ3v) is 5.50.